The van der Waals surface area contributed by atoms with Gasteiger partial charge in [-0.2, -0.15) is 5.01 Å². The lowest BCUT2D eigenvalue weighted by Gasteiger charge is -2.44. The Bertz CT molecular complexity index is 451. The molecule has 1 aliphatic heterocycles. The molecule has 2 fully saturated rings. The van der Waals surface area contributed by atoms with Crippen molar-refractivity contribution in [3.63, 3.8) is 0 Å². The van der Waals surface area contributed by atoms with Gasteiger partial charge in [0.25, 0.3) is 0 Å². The Kier molecular flexibility index (Phi) is 6.72. The molecule has 10 nitrogen and oxygen atoms in total. The first-order valence-electron chi connectivity index (χ1n) is 7.72. The van der Waals surface area contributed by atoms with Crippen LogP contribution in [-0.4, -0.2) is 92.6 Å². The van der Waals surface area contributed by atoms with E-state index >= 15 is 0 Å². The van der Waals surface area contributed by atoms with Crippen molar-refractivity contribution >= 4 is 17.6 Å². The number of amides is 2. The topological polar surface area (TPSA) is 143 Å². The first-order valence-corrected chi connectivity index (χ1v) is 8.25. The van der Waals surface area contributed by atoms with E-state index in [1.807, 2.05) is 0 Å². The number of hydrogen-bond donors (Lipinski definition) is 4. The van der Waals surface area contributed by atoms with Crippen LogP contribution in [0.15, 0.2) is 5.29 Å². The molecule has 0 aromatic carbocycles. The average molecular weight is 368 g/mol. The summed E-state index contributed by atoms with van der Waals surface area (Å²) >= 11 is 5.55. The summed E-state index contributed by atoms with van der Waals surface area (Å²) in [6.45, 7) is -0.539. The molecule has 0 unspecified atom stereocenters. The molecule has 0 spiro atoms. The fraction of sp³-hybridized carbons (Fsp3) is 0.923. The number of halogens is 1. The van der Waals surface area contributed by atoms with Crippen LogP contribution in [0, 0.1) is 10.8 Å². The molecule has 24 heavy (non-hydrogen) atoms. The number of hydrogen-bond acceptors (Lipinski definition) is 8. The van der Waals surface area contributed by atoms with E-state index in [-0.39, 0.29) is 24.9 Å². The van der Waals surface area contributed by atoms with E-state index in [9.17, 15) is 30.1 Å². The van der Waals surface area contributed by atoms with Gasteiger partial charge in [0.1, 0.15) is 24.4 Å². The smallest absolute Gasteiger partial charge is 0.345 e. The van der Waals surface area contributed by atoms with Crippen LogP contribution in [0.4, 0.5) is 4.79 Å². The molecule has 1 aliphatic carbocycles. The second-order valence-electron chi connectivity index (χ2n) is 5.99. The summed E-state index contributed by atoms with van der Waals surface area (Å²) in [7, 11) is 0. The van der Waals surface area contributed by atoms with E-state index in [4.69, 9.17) is 16.3 Å². The highest BCUT2D eigenvalue weighted by Crippen LogP contribution is 2.33. The van der Waals surface area contributed by atoms with Gasteiger partial charge in [0.2, 0.25) is 0 Å². The van der Waals surface area contributed by atoms with Gasteiger partial charge in [0.05, 0.1) is 18.4 Å². The van der Waals surface area contributed by atoms with Gasteiger partial charge in [0.15, 0.2) is 6.23 Å². The van der Waals surface area contributed by atoms with Crippen molar-refractivity contribution in [2.24, 2.45) is 11.2 Å². The lowest BCUT2D eigenvalue weighted by atomic mass is 9.97. The maximum Gasteiger partial charge on any atom is 0.345 e. The molecule has 2 amide bonds. The molecule has 2 rings (SSSR count). The molecule has 2 aliphatic rings. The first-order chi connectivity index (χ1) is 11.4. The van der Waals surface area contributed by atoms with Gasteiger partial charge in [0, 0.05) is 12.4 Å². The third kappa shape index (κ3) is 4.13. The van der Waals surface area contributed by atoms with E-state index in [2.05, 4.69) is 5.29 Å². The van der Waals surface area contributed by atoms with Gasteiger partial charge < -0.3 is 25.2 Å². The largest absolute Gasteiger partial charge is 0.394 e. The zero-order valence-corrected chi connectivity index (χ0v) is 13.7. The van der Waals surface area contributed by atoms with Crippen LogP contribution in [0.3, 0.4) is 0 Å². The molecular formula is C13H22ClN3O7. The van der Waals surface area contributed by atoms with Crippen molar-refractivity contribution in [1.82, 2.24) is 9.91 Å². The summed E-state index contributed by atoms with van der Waals surface area (Å²) in [5.74, 6) is 0.175. The van der Waals surface area contributed by atoms with Crippen LogP contribution in [0.2, 0.25) is 0 Å². The number of aliphatic hydroxyl groups is 4. The van der Waals surface area contributed by atoms with Crippen molar-refractivity contribution < 1.29 is 30.0 Å². The zero-order chi connectivity index (χ0) is 17.9. The van der Waals surface area contributed by atoms with Crippen molar-refractivity contribution in [2.75, 3.05) is 25.6 Å². The molecule has 5 atom stereocenters. The summed E-state index contributed by atoms with van der Waals surface area (Å²) in [5, 5.41) is 42.4. The maximum atomic E-state index is 12.6. The third-order valence-electron chi connectivity index (χ3n) is 4.19. The molecule has 4 N–H and O–H groups in total. The van der Waals surface area contributed by atoms with Crippen LogP contribution in [0.25, 0.3) is 0 Å². The fourth-order valence-corrected chi connectivity index (χ4v) is 2.77. The standard InChI is InChI=1S/C13H22ClN3O7/c14-3-4-17(15-23)13(22)16(5-7-1-2-7)12-11(21)10(20)9(19)8(6-18)24-12/h7-12,18-21H,1-6H2/t8-,9-,10+,11+,12-/m1/s1. The number of urea groups is 1. The molecule has 1 saturated carbocycles. The molecule has 1 saturated heterocycles. The van der Waals surface area contributed by atoms with E-state index in [1.54, 1.807) is 0 Å². The second-order valence-corrected chi connectivity index (χ2v) is 6.37. The van der Waals surface area contributed by atoms with Gasteiger partial charge in [-0.15, -0.1) is 16.5 Å². The minimum Gasteiger partial charge on any atom is -0.394 e. The Hall–Kier alpha value is -1.04. The Balaban J connectivity index is 2.21. The van der Waals surface area contributed by atoms with Crippen LogP contribution < -0.4 is 0 Å². The summed E-state index contributed by atoms with van der Waals surface area (Å²) in [6, 6.07) is -0.818. The van der Waals surface area contributed by atoms with Crippen LogP contribution in [-0.2, 0) is 4.74 Å². The molecular weight excluding hydrogens is 346 g/mol. The normalized spacial score (nSPS) is 33.1. The Morgan fingerprint density at radius 2 is 1.88 bits per heavy atom. The molecule has 1 heterocycles. The highest BCUT2D eigenvalue weighted by molar-refractivity contribution is 6.18. The number of nitrogens with zero attached hydrogens (tertiary/aromatic N) is 3. The van der Waals surface area contributed by atoms with Gasteiger partial charge in [-0.25, -0.2) is 4.79 Å². The van der Waals surface area contributed by atoms with E-state index in [0.29, 0.717) is 5.01 Å². The van der Waals surface area contributed by atoms with E-state index in [1.165, 1.54) is 0 Å². The number of nitroso groups, excluding NO2 is 1. The quantitative estimate of drug-likeness (QED) is 0.252. The summed E-state index contributed by atoms with van der Waals surface area (Å²) < 4.78 is 5.41. The van der Waals surface area contributed by atoms with E-state index < -0.39 is 43.3 Å². The number of ether oxygens (including phenoxy) is 1. The first kappa shape index (κ1) is 19.3. The Morgan fingerprint density at radius 3 is 2.38 bits per heavy atom. The van der Waals surface area contributed by atoms with Crippen LogP contribution >= 0.6 is 11.6 Å². The predicted octanol–water partition coefficient (Wildman–Crippen LogP) is -1.16. The number of rotatable bonds is 7. The summed E-state index contributed by atoms with van der Waals surface area (Å²) in [4.78, 5) is 24.5. The fourth-order valence-electron chi connectivity index (χ4n) is 2.61. The van der Waals surface area contributed by atoms with Gasteiger partial charge in [-0.05, 0) is 18.8 Å². The van der Waals surface area contributed by atoms with Crippen LogP contribution in [0.5, 0.6) is 0 Å². The minimum atomic E-state index is -1.61. The molecule has 0 aromatic heterocycles. The average Bonchev–Trinajstić information content (AvgIpc) is 3.40. The monoisotopic (exact) mass is 367 g/mol. The van der Waals surface area contributed by atoms with Crippen molar-refractivity contribution in [1.29, 1.82) is 0 Å². The molecule has 0 bridgehead atoms. The SMILES string of the molecule is O=NN(CCCl)C(=O)N(CC1CC1)[C@@H]1O[C@H](CO)[C@@H](O)[C@H](O)[C@@H]1O. The van der Waals surface area contributed by atoms with Crippen molar-refractivity contribution in [3.05, 3.63) is 4.91 Å². The highest BCUT2D eigenvalue weighted by Gasteiger charge is 2.48. The van der Waals surface area contributed by atoms with Gasteiger partial charge in [-0.3, -0.25) is 4.90 Å². The number of carbonyl (C=O) groups is 1. The Morgan fingerprint density at radius 1 is 1.21 bits per heavy atom. The number of alkyl halides is 1. The minimum absolute atomic E-state index is 0.0105. The number of aliphatic hydroxyl groups excluding tert-OH is 4. The van der Waals surface area contributed by atoms with Gasteiger partial charge >= 0.3 is 6.03 Å². The zero-order valence-electron chi connectivity index (χ0n) is 12.9. The lowest BCUT2D eigenvalue weighted by Crippen LogP contribution is -2.65. The molecule has 0 aromatic rings. The lowest BCUT2D eigenvalue weighted by molar-refractivity contribution is -0.258. The predicted molar refractivity (Wildman–Crippen MR) is 81.8 cm³/mol. The second kappa shape index (κ2) is 8.37. The summed E-state index contributed by atoms with van der Waals surface area (Å²) in [6.07, 6.45) is -5.45. The molecule has 0 radical (unpaired) electrons. The van der Waals surface area contributed by atoms with Crippen LogP contribution in [0.1, 0.15) is 12.8 Å². The van der Waals surface area contributed by atoms with Crippen molar-refractivity contribution in [2.45, 2.75) is 43.5 Å². The molecule has 138 valence electrons. The highest BCUT2D eigenvalue weighted by atomic mass is 35.5. The summed E-state index contributed by atoms with van der Waals surface area (Å²) in [5.41, 5.74) is 0. The van der Waals surface area contributed by atoms with Gasteiger partial charge in [-0.1, -0.05) is 0 Å². The Labute approximate surface area is 143 Å². The van der Waals surface area contributed by atoms with E-state index in [0.717, 1.165) is 17.7 Å². The van der Waals surface area contributed by atoms with Crippen molar-refractivity contribution in [3.8, 4) is 0 Å². The molecule has 11 heteroatoms. The number of carbonyl (C=O) groups excluding carboxylic acids is 1. The maximum absolute atomic E-state index is 12.6. The third-order valence-corrected chi connectivity index (χ3v) is 4.36.